The van der Waals surface area contributed by atoms with Crippen LogP contribution in [0.25, 0.3) is 21.8 Å². The van der Waals surface area contributed by atoms with Crippen molar-refractivity contribution in [1.82, 2.24) is 9.88 Å². The molecule has 2 aromatic carbocycles. The van der Waals surface area contributed by atoms with E-state index in [-0.39, 0.29) is 25.0 Å². The molecule has 0 saturated carbocycles. The molecule has 5 rings (SSSR count). The van der Waals surface area contributed by atoms with Gasteiger partial charge in [0.2, 0.25) is 5.91 Å². The van der Waals surface area contributed by atoms with E-state index in [1.165, 1.54) is 0 Å². The van der Waals surface area contributed by atoms with Gasteiger partial charge in [0.1, 0.15) is 17.3 Å². The molecule has 7 heteroatoms. The molecule has 0 aliphatic carbocycles. The van der Waals surface area contributed by atoms with Crippen molar-refractivity contribution in [2.75, 3.05) is 31.1 Å². The van der Waals surface area contributed by atoms with E-state index >= 15 is 0 Å². The lowest BCUT2D eigenvalue weighted by Crippen LogP contribution is -2.46. The Labute approximate surface area is 191 Å². The molecular weight excluding hydrogens is 422 g/mol. The number of carbonyl (C=O) groups excluding carboxylic acids is 2. The highest BCUT2D eigenvalue weighted by Crippen LogP contribution is 2.37. The summed E-state index contributed by atoms with van der Waals surface area (Å²) in [5.41, 5.74) is 3.45. The maximum atomic E-state index is 13.0. The topological polar surface area (TPSA) is 62.7 Å². The normalized spacial score (nSPS) is 16.3. The molecule has 0 N–H and O–H groups in total. The number of fused-ring (bicyclic) bond motifs is 1. The monoisotopic (exact) mass is 447 g/mol. The summed E-state index contributed by atoms with van der Waals surface area (Å²) >= 11 is 1.58. The number of amides is 2. The second kappa shape index (κ2) is 9.12. The van der Waals surface area contributed by atoms with E-state index in [0.29, 0.717) is 11.4 Å². The van der Waals surface area contributed by atoms with Crippen LogP contribution in [0, 0.1) is 0 Å². The van der Waals surface area contributed by atoms with Crippen molar-refractivity contribution >= 4 is 28.8 Å². The number of rotatable bonds is 4. The van der Waals surface area contributed by atoms with Gasteiger partial charge >= 0.3 is 0 Å². The van der Waals surface area contributed by atoms with Crippen molar-refractivity contribution in [3.8, 4) is 27.6 Å². The van der Waals surface area contributed by atoms with Crippen LogP contribution in [-0.4, -0.2) is 47.9 Å². The zero-order chi connectivity index (χ0) is 21.9. The van der Waals surface area contributed by atoms with Crippen molar-refractivity contribution in [2.24, 2.45) is 0 Å². The van der Waals surface area contributed by atoms with Gasteiger partial charge in [0, 0.05) is 29.6 Å². The summed E-state index contributed by atoms with van der Waals surface area (Å²) < 4.78 is 5.64. The lowest BCUT2D eigenvalue weighted by atomic mass is 10.1. The largest absolute Gasteiger partial charge is 0.482 e. The number of hydrogen-bond donors (Lipinski definition) is 0. The smallest absolute Gasteiger partial charge is 0.265 e. The number of carbonyl (C=O) groups is 2. The molecule has 2 amide bonds. The maximum absolute atomic E-state index is 13.0. The zero-order valence-electron chi connectivity index (χ0n) is 17.8. The lowest BCUT2D eigenvalue weighted by molar-refractivity contribution is -0.132. The second-order valence-electron chi connectivity index (χ2n) is 8.15. The fourth-order valence-electron chi connectivity index (χ4n) is 4.21. The highest BCUT2D eigenvalue weighted by molar-refractivity contribution is 7.13. The minimum atomic E-state index is -0.193. The molecule has 164 valence electrons. The van der Waals surface area contributed by atoms with Crippen molar-refractivity contribution in [1.29, 1.82) is 0 Å². The number of hydrogen-bond acceptors (Lipinski definition) is 5. The van der Waals surface area contributed by atoms with Gasteiger partial charge in [-0.05, 0) is 31.0 Å². The Morgan fingerprint density at radius 3 is 2.56 bits per heavy atom. The molecule has 0 spiro atoms. The average Bonchev–Trinajstić information content (AvgIpc) is 3.16. The molecular formula is C25H25N3O3S. The highest BCUT2D eigenvalue weighted by Gasteiger charge is 2.29. The summed E-state index contributed by atoms with van der Waals surface area (Å²) in [6.45, 7) is 1.54. The number of benzene rings is 2. The van der Waals surface area contributed by atoms with Gasteiger partial charge in [0.05, 0.1) is 11.4 Å². The van der Waals surface area contributed by atoms with Gasteiger partial charge in [-0.2, -0.15) is 0 Å². The fraction of sp³-hybridized carbons (Fsp3) is 0.320. The first-order chi connectivity index (χ1) is 15.7. The van der Waals surface area contributed by atoms with Gasteiger partial charge in [0.25, 0.3) is 5.91 Å². The Hall–Kier alpha value is -3.19. The van der Waals surface area contributed by atoms with E-state index in [2.05, 4.69) is 0 Å². The van der Waals surface area contributed by atoms with Crippen LogP contribution in [0.1, 0.15) is 25.7 Å². The molecule has 2 aliphatic heterocycles. The Morgan fingerprint density at radius 1 is 1.00 bits per heavy atom. The van der Waals surface area contributed by atoms with Crippen molar-refractivity contribution in [3.05, 3.63) is 53.9 Å². The summed E-state index contributed by atoms with van der Waals surface area (Å²) in [5, 5.41) is 2.96. The molecule has 2 aliphatic rings. The third-order valence-corrected chi connectivity index (χ3v) is 6.87. The first-order valence-corrected chi connectivity index (χ1v) is 11.9. The number of aromatic nitrogens is 1. The molecule has 1 aromatic heterocycles. The van der Waals surface area contributed by atoms with E-state index in [4.69, 9.17) is 9.72 Å². The van der Waals surface area contributed by atoms with Gasteiger partial charge in [0.15, 0.2) is 6.61 Å². The Morgan fingerprint density at radius 2 is 1.78 bits per heavy atom. The molecule has 0 radical (unpaired) electrons. The summed E-state index contributed by atoms with van der Waals surface area (Å²) in [6, 6.07) is 15.8. The van der Waals surface area contributed by atoms with E-state index in [1.54, 1.807) is 16.2 Å². The second-order valence-corrected chi connectivity index (χ2v) is 9.01. The number of anilines is 1. The van der Waals surface area contributed by atoms with Gasteiger partial charge in [-0.3, -0.25) is 14.5 Å². The van der Waals surface area contributed by atoms with E-state index in [1.807, 2.05) is 58.8 Å². The molecule has 0 bridgehead atoms. The van der Waals surface area contributed by atoms with Gasteiger partial charge in [-0.25, -0.2) is 4.98 Å². The lowest BCUT2D eigenvalue weighted by Gasteiger charge is -2.31. The Bertz CT molecular complexity index is 1120. The molecule has 0 unspecified atom stereocenters. The molecule has 0 atom stereocenters. The third-order valence-electron chi connectivity index (χ3n) is 5.97. The quantitative estimate of drug-likeness (QED) is 0.586. The van der Waals surface area contributed by atoms with E-state index in [0.717, 1.165) is 60.6 Å². The maximum Gasteiger partial charge on any atom is 0.265 e. The molecule has 1 fully saturated rings. The van der Waals surface area contributed by atoms with Crippen LogP contribution in [0.3, 0.4) is 0 Å². The fourth-order valence-corrected chi connectivity index (χ4v) is 5.05. The number of nitrogens with zero attached hydrogens (tertiary/aromatic N) is 3. The first-order valence-electron chi connectivity index (χ1n) is 11.1. The predicted molar refractivity (Wildman–Crippen MR) is 126 cm³/mol. The first kappa shape index (κ1) is 20.7. The van der Waals surface area contributed by atoms with E-state index < -0.39 is 0 Å². The zero-order valence-corrected chi connectivity index (χ0v) is 18.6. The molecule has 3 aromatic rings. The van der Waals surface area contributed by atoms with Crippen LogP contribution in [0.15, 0.2) is 53.9 Å². The summed E-state index contributed by atoms with van der Waals surface area (Å²) in [6.07, 6.45) is 4.37. The third kappa shape index (κ3) is 4.25. The standard InChI is InChI=1S/C25H25N3O3S/c29-23(27-12-6-1-2-7-13-27)15-28-21-14-19(10-11-22(21)31-16-24(28)30)20-17-32-25(26-20)18-8-4-3-5-9-18/h3-5,8-11,14,17H,1-2,6-7,12-13,15-16H2. The van der Waals surface area contributed by atoms with Crippen molar-refractivity contribution in [2.45, 2.75) is 25.7 Å². The summed E-state index contributed by atoms with van der Waals surface area (Å²) in [4.78, 5) is 33.9. The van der Waals surface area contributed by atoms with Crippen molar-refractivity contribution < 1.29 is 14.3 Å². The SMILES string of the molecule is O=C(CN1C(=O)COc2ccc(-c3csc(-c4ccccc4)n3)cc21)N1CCCCCC1. The number of likely N-dealkylation sites (tertiary alicyclic amines) is 1. The molecule has 32 heavy (non-hydrogen) atoms. The van der Waals surface area contributed by atoms with Gasteiger partial charge in [-0.15, -0.1) is 11.3 Å². The van der Waals surface area contributed by atoms with E-state index in [9.17, 15) is 9.59 Å². The van der Waals surface area contributed by atoms with Crippen LogP contribution in [0.2, 0.25) is 0 Å². The Kier molecular flexibility index (Phi) is 5.90. The van der Waals surface area contributed by atoms with Crippen LogP contribution < -0.4 is 9.64 Å². The van der Waals surface area contributed by atoms with Gasteiger partial charge in [-0.1, -0.05) is 43.2 Å². The number of ether oxygens (including phenoxy) is 1. The molecule has 1 saturated heterocycles. The minimum Gasteiger partial charge on any atom is -0.482 e. The minimum absolute atomic E-state index is 0.00137. The summed E-state index contributed by atoms with van der Waals surface area (Å²) in [7, 11) is 0. The van der Waals surface area contributed by atoms with Crippen LogP contribution in [0.4, 0.5) is 5.69 Å². The van der Waals surface area contributed by atoms with Crippen molar-refractivity contribution in [3.63, 3.8) is 0 Å². The molecule has 3 heterocycles. The van der Waals surface area contributed by atoms with Crippen LogP contribution in [0.5, 0.6) is 5.75 Å². The Balaban J connectivity index is 1.41. The highest BCUT2D eigenvalue weighted by atomic mass is 32.1. The molecule has 6 nitrogen and oxygen atoms in total. The number of thiazole rings is 1. The summed E-state index contributed by atoms with van der Waals surface area (Å²) in [5.74, 6) is 0.426. The van der Waals surface area contributed by atoms with Gasteiger partial charge < -0.3 is 9.64 Å². The van der Waals surface area contributed by atoms with Crippen LogP contribution >= 0.6 is 11.3 Å². The average molecular weight is 448 g/mol. The predicted octanol–water partition coefficient (Wildman–Crippen LogP) is 4.61. The van der Waals surface area contributed by atoms with Crippen LogP contribution in [-0.2, 0) is 9.59 Å².